The molecule has 0 spiro atoms. The van der Waals surface area contributed by atoms with Crippen LogP contribution in [0.5, 0.6) is 0 Å². The number of carboxylic acids is 1. The molecule has 18 heavy (non-hydrogen) atoms. The number of carbonyl (C=O) groups is 1. The van der Waals surface area contributed by atoms with Gasteiger partial charge in [0.15, 0.2) is 0 Å². The van der Waals surface area contributed by atoms with Crippen LogP contribution in [0.4, 0.5) is 0 Å². The van der Waals surface area contributed by atoms with Gasteiger partial charge < -0.3 is 5.11 Å². The Morgan fingerprint density at radius 2 is 2.00 bits per heavy atom. The molecular weight excluding hydrogens is 300 g/mol. The number of aliphatic carboxylic acids is 1. The van der Waals surface area contributed by atoms with Crippen molar-refractivity contribution in [3.05, 3.63) is 50.7 Å². The van der Waals surface area contributed by atoms with Gasteiger partial charge in [0.1, 0.15) is 0 Å². The number of benzene rings is 1. The molecule has 2 rings (SSSR count). The molecule has 1 aromatic heterocycles. The maximum absolute atomic E-state index is 11.4. The molecular formula is C12H9BrN2O3. The van der Waals surface area contributed by atoms with E-state index in [1.54, 1.807) is 0 Å². The molecule has 5 nitrogen and oxygen atoms in total. The molecule has 92 valence electrons. The zero-order valence-electron chi connectivity index (χ0n) is 9.18. The first kappa shape index (κ1) is 12.5. The number of H-pyrrole nitrogens is 1. The molecule has 0 aliphatic heterocycles. The van der Waals surface area contributed by atoms with E-state index in [4.69, 9.17) is 5.11 Å². The van der Waals surface area contributed by atoms with Crippen molar-refractivity contribution in [3.63, 3.8) is 0 Å². The fraction of sp³-hybridized carbons (Fsp3) is 0.0833. The van der Waals surface area contributed by atoms with Crippen molar-refractivity contribution in [2.45, 2.75) is 6.42 Å². The molecule has 0 bridgehead atoms. The van der Waals surface area contributed by atoms with Crippen LogP contribution in [0.3, 0.4) is 0 Å². The van der Waals surface area contributed by atoms with Gasteiger partial charge in [-0.15, -0.1) is 0 Å². The molecule has 1 aromatic carbocycles. The summed E-state index contributed by atoms with van der Waals surface area (Å²) in [4.78, 5) is 22.0. The maximum atomic E-state index is 11.4. The Balaban J connectivity index is 2.43. The molecule has 6 heteroatoms. The standard InChI is InChI=1S/C12H9BrN2O3/c13-9-3-1-7(2-4-9)10-5-8(6-11(16)17)12(18)15-14-10/h1-5H,6H2,(H,15,18)(H,16,17). The monoisotopic (exact) mass is 308 g/mol. The first-order valence-corrected chi connectivity index (χ1v) is 5.92. The number of nitrogens with one attached hydrogen (secondary N) is 1. The Hall–Kier alpha value is -1.95. The lowest BCUT2D eigenvalue weighted by Gasteiger charge is -2.02. The Labute approximate surface area is 111 Å². The lowest BCUT2D eigenvalue weighted by molar-refractivity contribution is -0.136. The maximum Gasteiger partial charge on any atom is 0.308 e. The van der Waals surface area contributed by atoms with Crippen molar-refractivity contribution in [2.75, 3.05) is 0 Å². The van der Waals surface area contributed by atoms with E-state index in [-0.39, 0.29) is 12.0 Å². The highest BCUT2D eigenvalue weighted by Gasteiger charge is 2.08. The minimum atomic E-state index is -1.05. The van der Waals surface area contributed by atoms with Gasteiger partial charge in [-0.3, -0.25) is 9.59 Å². The Morgan fingerprint density at radius 1 is 1.33 bits per heavy atom. The second-order valence-corrected chi connectivity index (χ2v) is 4.60. The fourth-order valence-corrected chi connectivity index (χ4v) is 1.77. The first-order chi connectivity index (χ1) is 8.56. The minimum Gasteiger partial charge on any atom is -0.481 e. The van der Waals surface area contributed by atoms with Crippen LogP contribution in [0, 0.1) is 0 Å². The summed E-state index contributed by atoms with van der Waals surface area (Å²) in [6.45, 7) is 0. The van der Waals surface area contributed by atoms with E-state index in [0.29, 0.717) is 5.69 Å². The van der Waals surface area contributed by atoms with E-state index in [0.717, 1.165) is 10.0 Å². The molecule has 0 amide bonds. The number of hydrogen-bond acceptors (Lipinski definition) is 3. The van der Waals surface area contributed by atoms with E-state index < -0.39 is 11.5 Å². The summed E-state index contributed by atoms with van der Waals surface area (Å²) in [7, 11) is 0. The minimum absolute atomic E-state index is 0.190. The largest absolute Gasteiger partial charge is 0.481 e. The summed E-state index contributed by atoms with van der Waals surface area (Å²) >= 11 is 3.32. The number of aromatic amines is 1. The van der Waals surface area contributed by atoms with E-state index in [2.05, 4.69) is 26.1 Å². The summed E-state index contributed by atoms with van der Waals surface area (Å²) in [6.07, 6.45) is -0.318. The molecule has 0 saturated heterocycles. The summed E-state index contributed by atoms with van der Waals surface area (Å²) in [5, 5.41) is 14.9. The number of nitrogens with zero attached hydrogens (tertiary/aromatic N) is 1. The normalized spacial score (nSPS) is 10.3. The van der Waals surface area contributed by atoms with Gasteiger partial charge in [0, 0.05) is 15.6 Å². The van der Waals surface area contributed by atoms with Gasteiger partial charge in [-0.2, -0.15) is 5.10 Å². The second-order valence-electron chi connectivity index (χ2n) is 3.68. The molecule has 0 aliphatic rings. The fourth-order valence-electron chi connectivity index (χ4n) is 1.51. The first-order valence-electron chi connectivity index (χ1n) is 5.12. The molecule has 2 N–H and O–H groups in total. The summed E-state index contributed by atoms with van der Waals surface area (Å²) in [5.41, 5.74) is 1.06. The zero-order chi connectivity index (χ0) is 13.1. The predicted octanol–water partition coefficient (Wildman–Crippen LogP) is 1.83. The Bertz CT molecular complexity index is 635. The second kappa shape index (κ2) is 5.14. The lowest BCUT2D eigenvalue weighted by atomic mass is 10.1. The zero-order valence-corrected chi connectivity index (χ0v) is 10.8. The van der Waals surface area contributed by atoms with Gasteiger partial charge in [-0.1, -0.05) is 28.1 Å². The predicted molar refractivity (Wildman–Crippen MR) is 69.3 cm³/mol. The van der Waals surface area contributed by atoms with Gasteiger partial charge in [-0.25, -0.2) is 5.10 Å². The number of hydrogen-bond donors (Lipinski definition) is 2. The smallest absolute Gasteiger partial charge is 0.308 e. The third-order valence-electron chi connectivity index (χ3n) is 2.36. The third kappa shape index (κ3) is 2.84. The number of halogens is 1. The lowest BCUT2D eigenvalue weighted by Crippen LogP contribution is -2.17. The van der Waals surface area contributed by atoms with E-state index in [1.807, 2.05) is 24.3 Å². The van der Waals surface area contributed by atoms with Crippen LogP contribution in [-0.4, -0.2) is 21.3 Å². The molecule has 0 radical (unpaired) electrons. The SMILES string of the molecule is O=C(O)Cc1cc(-c2ccc(Br)cc2)n[nH]c1=O. The molecule has 0 saturated carbocycles. The molecule has 2 aromatic rings. The van der Waals surface area contributed by atoms with Crippen molar-refractivity contribution >= 4 is 21.9 Å². The number of carboxylic acid groups (broad SMARTS) is 1. The van der Waals surface area contributed by atoms with Crippen LogP contribution in [0.1, 0.15) is 5.56 Å². The number of rotatable bonds is 3. The van der Waals surface area contributed by atoms with Gasteiger partial charge in [0.2, 0.25) is 0 Å². The van der Waals surface area contributed by atoms with Crippen LogP contribution in [0.2, 0.25) is 0 Å². The van der Waals surface area contributed by atoms with Gasteiger partial charge in [0.05, 0.1) is 12.1 Å². The van der Waals surface area contributed by atoms with E-state index in [1.165, 1.54) is 6.07 Å². The van der Waals surface area contributed by atoms with Crippen molar-refractivity contribution < 1.29 is 9.90 Å². The average molecular weight is 309 g/mol. The average Bonchev–Trinajstić information content (AvgIpc) is 2.32. The van der Waals surface area contributed by atoms with Gasteiger partial charge in [-0.05, 0) is 18.2 Å². The molecule has 0 unspecified atom stereocenters. The van der Waals surface area contributed by atoms with Crippen molar-refractivity contribution in [1.82, 2.24) is 10.2 Å². The third-order valence-corrected chi connectivity index (χ3v) is 2.89. The summed E-state index contributed by atoms with van der Waals surface area (Å²) < 4.78 is 0.932. The van der Waals surface area contributed by atoms with Crippen molar-refractivity contribution in [1.29, 1.82) is 0 Å². The Morgan fingerprint density at radius 3 is 2.61 bits per heavy atom. The van der Waals surface area contributed by atoms with Crippen LogP contribution < -0.4 is 5.56 Å². The molecule has 0 aliphatic carbocycles. The van der Waals surface area contributed by atoms with E-state index in [9.17, 15) is 9.59 Å². The highest BCUT2D eigenvalue weighted by molar-refractivity contribution is 9.10. The molecule has 0 atom stereocenters. The van der Waals surface area contributed by atoms with Crippen LogP contribution >= 0.6 is 15.9 Å². The van der Waals surface area contributed by atoms with Crippen LogP contribution in [0.15, 0.2) is 39.6 Å². The van der Waals surface area contributed by atoms with Crippen LogP contribution in [0.25, 0.3) is 11.3 Å². The van der Waals surface area contributed by atoms with Crippen molar-refractivity contribution in [2.24, 2.45) is 0 Å². The Kier molecular flexibility index (Phi) is 3.57. The van der Waals surface area contributed by atoms with E-state index >= 15 is 0 Å². The molecule has 1 heterocycles. The summed E-state index contributed by atoms with van der Waals surface area (Å²) in [5.74, 6) is -1.05. The highest BCUT2D eigenvalue weighted by atomic mass is 79.9. The van der Waals surface area contributed by atoms with Crippen molar-refractivity contribution in [3.8, 4) is 11.3 Å². The molecule has 0 fully saturated rings. The summed E-state index contributed by atoms with van der Waals surface area (Å²) in [6, 6.07) is 8.85. The highest BCUT2D eigenvalue weighted by Crippen LogP contribution is 2.19. The topological polar surface area (TPSA) is 83.0 Å². The van der Waals surface area contributed by atoms with Gasteiger partial charge in [0.25, 0.3) is 5.56 Å². The number of aromatic nitrogens is 2. The van der Waals surface area contributed by atoms with Crippen LogP contribution in [-0.2, 0) is 11.2 Å². The quantitative estimate of drug-likeness (QED) is 0.906. The van der Waals surface area contributed by atoms with Gasteiger partial charge >= 0.3 is 5.97 Å².